The standard InChI is InChI=1S/C19H27N5O2/c1-6-13(2)23-18-16(8-7-9-20-18)24-17(14(3)22-19(23)24)10-21-15(11-25-4)12-26-5/h6-9,15,21H,10-12H2,1-5H3/b13-6+. The van der Waals surface area contributed by atoms with E-state index in [9.17, 15) is 0 Å². The number of imidazole rings is 2. The summed E-state index contributed by atoms with van der Waals surface area (Å²) in [6.07, 6.45) is 3.89. The van der Waals surface area contributed by atoms with Gasteiger partial charge in [-0.15, -0.1) is 0 Å². The highest BCUT2D eigenvalue weighted by molar-refractivity contribution is 5.82. The lowest BCUT2D eigenvalue weighted by molar-refractivity contribution is 0.102. The zero-order valence-electron chi connectivity index (χ0n) is 16.1. The van der Waals surface area contributed by atoms with E-state index in [-0.39, 0.29) is 6.04 Å². The van der Waals surface area contributed by atoms with Gasteiger partial charge in [-0.3, -0.25) is 8.97 Å². The zero-order valence-corrected chi connectivity index (χ0v) is 16.1. The molecule has 1 N–H and O–H groups in total. The first-order valence-corrected chi connectivity index (χ1v) is 8.80. The van der Waals surface area contributed by atoms with Crippen LogP contribution >= 0.6 is 0 Å². The zero-order chi connectivity index (χ0) is 18.7. The number of hydrogen-bond donors (Lipinski definition) is 1. The minimum absolute atomic E-state index is 0.124. The highest BCUT2D eigenvalue weighted by Gasteiger charge is 2.20. The number of methoxy groups -OCH3 is 2. The first kappa shape index (κ1) is 18.6. The van der Waals surface area contributed by atoms with Crippen molar-refractivity contribution >= 4 is 22.6 Å². The second-order valence-corrected chi connectivity index (χ2v) is 6.38. The molecular weight excluding hydrogens is 330 g/mol. The molecular formula is C19H27N5O2. The maximum absolute atomic E-state index is 5.28. The number of fused-ring (bicyclic) bond motifs is 3. The number of ether oxygens (including phenoxy) is 2. The SMILES string of the molecule is C/C=C(\C)n1c2ncccc2n2c(CNC(COC)COC)c(C)nc12. The molecule has 0 radical (unpaired) electrons. The van der Waals surface area contributed by atoms with Crippen molar-refractivity contribution in [2.75, 3.05) is 27.4 Å². The number of hydrogen-bond acceptors (Lipinski definition) is 5. The summed E-state index contributed by atoms with van der Waals surface area (Å²) in [5.74, 6) is 0.888. The Kier molecular flexibility index (Phi) is 5.70. The van der Waals surface area contributed by atoms with E-state index in [0.29, 0.717) is 19.8 Å². The van der Waals surface area contributed by atoms with Crippen LogP contribution in [0.1, 0.15) is 25.2 Å². The fraction of sp³-hybridized carbons (Fsp3) is 0.474. The molecule has 7 nitrogen and oxygen atoms in total. The topological polar surface area (TPSA) is 65.6 Å². The summed E-state index contributed by atoms with van der Waals surface area (Å²) in [6.45, 7) is 8.00. The van der Waals surface area contributed by atoms with E-state index >= 15 is 0 Å². The predicted octanol–water partition coefficient (Wildman–Crippen LogP) is 2.62. The van der Waals surface area contributed by atoms with Crippen molar-refractivity contribution in [1.82, 2.24) is 24.3 Å². The summed E-state index contributed by atoms with van der Waals surface area (Å²) >= 11 is 0. The second-order valence-electron chi connectivity index (χ2n) is 6.38. The molecule has 0 bridgehead atoms. The number of nitrogens with one attached hydrogen (secondary N) is 1. The molecule has 0 unspecified atom stereocenters. The van der Waals surface area contributed by atoms with Crippen molar-refractivity contribution in [3.63, 3.8) is 0 Å². The molecule has 0 spiro atoms. The fourth-order valence-corrected chi connectivity index (χ4v) is 3.25. The molecule has 3 heterocycles. The molecule has 0 fully saturated rings. The maximum Gasteiger partial charge on any atom is 0.221 e. The van der Waals surface area contributed by atoms with E-state index < -0.39 is 0 Å². The van der Waals surface area contributed by atoms with Gasteiger partial charge in [-0.25, -0.2) is 9.97 Å². The van der Waals surface area contributed by atoms with Gasteiger partial charge in [-0.05, 0) is 32.9 Å². The molecule has 0 amide bonds. The van der Waals surface area contributed by atoms with Gasteiger partial charge < -0.3 is 14.8 Å². The Morgan fingerprint density at radius 1 is 1.31 bits per heavy atom. The normalized spacial score (nSPS) is 12.8. The van der Waals surface area contributed by atoms with Crippen LogP contribution in [0.5, 0.6) is 0 Å². The Balaban J connectivity index is 2.08. The molecule has 0 saturated carbocycles. The Labute approximate surface area is 153 Å². The Hall–Kier alpha value is -2.22. The third-order valence-corrected chi connectivity index (χ3v) is 4.64. The molecule has 0 aliphatic rings. The number of aromatic nitrogens is 4. The van der Waals surface area contributed by atoms with Crippen LogP contribution in [-0.4, -0.2) is 52.4 Å². The van der Waals surface area contributed by atoms with Crippen LogP contribution < -0.4 is 5.32 Å². The average molecular weight is 357 g/mol. The molecule has 0 atom stereocenters. The number of pyridine rings is 1. The lowest BCUT2D eigenvalue weighted by Crippen LogP contribution is -2.37. The van der Waals surface area contributed by atoms with Crippen LogP contribution in [-0.2, 0) is 16.0 Å². The Bertz CT molecular complexity index is 919. The van der Waals surface area contributed by atoms with Crippen LogP contribution in [0.2, 0.25) is 0 Å². The largest absolute Gasteiger partial charge is 0.383 e. The quantitative estimate of drug-likeness (QED) is 0.671. The van der Waals surface area contributed by atoms with Crippen LogP contribution in [0, 0.1) is 6.92 Å². The van der Waals surface area contributed by atoms with E-state index in [0.717, 1.165) is 34.0 Å². The van der Waals surface area contributed by atoms with Gasteiger partial charge >= 0.3 is 0 Å². The van der Waals surface area contributed by atoms with Gasteiger partial charge in [0.1, 0.15) is 0 Å². The molecule has 0 aliphatic carbocycles. The summed E-state index contributed by atoms with van der Waals surface area (Å²) in [4.78, 5) is 9.42. The van der Waals surface area contributed by atoms with Crippen LogP contribution in [0.4, 0.5) is 0 Å². The fourth-order valence-electron chi connectivity index (χ4n) is 3.25. The van der Waals surface area contributed by atoms with Crippen molar-refractivity contribution in [3.05, 3.63) is 35.8 Å². The highest BCUT2D eigenvalue weighted by atomic mass is 16.5. The van der Waals surface area contributed by atoms with Gasteiger partial charge in [0.05, 0.1) is 36.2 Å². The summed E-state index contributed by atoms with van der Waals surface area (Å²) in [5.41, 5.74) is 5.19. The van der Waals surface area contributed by atoms with Crippen molar-refractivity contribution < 1.29 is 9.47 Å². The summed E-state index contributed by atoms with van der Waals surface area (Å²) in [5, 5.41) is 3.52. The first-order valence-electron chi connectivity index (χ1n) is 8.80. The third-order valence-electron chi connectivity index (χ3n) is 4.64. The van der Waals surface area contributed by atoms with Crippen LogP contribution in [0.15, 0.2) is 24.4 Å². The third kappa shape index (κ3) is 3.25. The van der Waals surface area contributed by atoms with Crippen molar-refractivity contribution in [3.8, 4) is 0 Å². The molecule has 3 rings (SSSR count). The van der Waals surface area contributed by atoms with E-state index in [4.69, 9.17) is 14.5 Å². The summed E-state index contributed by atoms with van der Waals surface area (Å²) < 4.78 is 14.8. The average Bonchev–Trinajstić information content (AvgIpc) is 3.12. The minimum atomic E-state index is 0.124. The predicted molar refractivity (Wildman–Crippen MR) is 103 cm³/mol. The monoisotopic (exact) mass is 357 g/mol. The van der Waals surface area contributed by atoms with E-state index in [1.165, 1.54) is 0 Å². The molecule has 0 aliphatic heterocycles. The van der Waals surface area contributed by atoms with Gasteiger partial charge in [0, 0.05) is 32.7 Å². The second kappa shape index (κ2) is 7.99. The molecule has 0 saturated heterocycles. The Morgan fingerprint density at radius 2 is 2.04 bits per heavy atom. The van der Waals surface area contributed by atoms with Gasteiger partial charge in [-0.1, -0.05) is 6.08 Å². The van der Waals surface area contributed by atoms with Crippen LogP contribution in [0.25, 0.3) is 22.6 Å². The number of aryl methyl sites for hydroxylation is 1. The lowest BCUT2D eigenvalue weighted by atomic mass is 10.3. The minimum Gasteiger partial charge on any atom is -0.383 e. The summed E-state index contributed by atoms with van der Waals surface area (Å²) in [6, 6.07) is 4.17. The van der Waals surface area contributed by atoms with E-state index in [2.05, 4.69) is 38.3 Å². The smallest absolute Gasteiger partial charge is 0.221 e. The Morgan fingerprint density at radius 3 is 2.69 bits per heavy atom. The highest BCUT2D eigenvalue weighted by Crippen LogP contribution is 2.25. The number of nitrogens with zero attached hydrogens (tertiary/aromatic N) is 4. The van der Waals surface area contributed by atoms with Crippen molar-refractivity contribution in [1.29, 1.82) is 0 Å². The molecule has 140 valence electrons. The number of rotatable bonds is 8. The molecule has 3 aromatic heterocycles. The van der Waals surface area contributed by atoms with Crippen LogP contribution in [0.3, 0.4) is 0 Å². The van der Waals surface area contributed by atoms with E-state index in [1.54, 1.807) is 14.2 Å². The maximum atomic E-state index is 5.28. The van der Waals surface area contributed by atoms with Gasteiger partial charge in [0.25, 0.3) is 0 Å². The van der Waals surface area contributed by atoms with Gasteiger partial charge in [0.2, 0.25) is 5.78 Å². The van der Waals surface area contributed by atoms with Crippen molar-refractivity contribution in [2.45, 2.75) is 33.4 Å². The first-order chi connectivity index (χ1) is 12.6. The molecule has 3 aromatic rings. The van der Waals surface area contributed by atoms with Gasteiger partial charge in [0.15, 0.2) is 5.65 Å². The molecule has 0 aromatic carbocycles. The van der Waals surface area contributed by atoms with Gasteiger partial charge in [-0.2, -0.15) is 0 Å². The number of allylic oxidation sites excluding steroid dienone is 2. The lowest BCUT2D eigenvalue weighted by Gasteiger charge is -2.17. The molecule has 26 heavy (non-hydrogen) atoms. The summed E-state index contributed by atoms with van der Waals surface area (Å²) in [7, 11) is 3.40. The van der Waals surface area contributed by atoms with E-state index in [1.807, 2.05) is 26.1 Å². The van der Waals surface area contributed by atoms with Crippen molar-refractivity contribution in [2.24, 2.45) is 0 Å². The molecule has 7 heteroatoms.